The van der Waals surface area contributed by atoms with Crippen LogP contribution in [0.25, 0.3) is 0 Å². The average molecular weight is 262 g/mol. The molecule has 102 valence electrons. The van der Waals surface area contributed by atoms with Gasteiger partial charge in [0.05, 0.1) is 11.6 Å². The molecular weight excluding hydrogens is 243 g/mol. The molecule has 1 aliphatic rings. The van der Waals surface area contributed by atoms with E-state index in [1.165, 1.54) is 12.1 Å². The number of aliphatic hydroxyl groups is 1. The SMILES string of the molecule is N#Cc1ccc(F)cc1CN1CCCC1CCCO. The highest BCUT2D eigenvalue weighted by Gasteiger charge is 2.24. The van der Waals surface area contributed by atoms with Crippen molar-refractivity contribution in [2.24, 2.45) is 0 Å². The number of benzene rings is 1. The van der Waals surface area contributed by atoms with Crippen LogP contribution in [0.1, 0.15) is 36.8 Å². The van der Waals surface area contributed by atoms with Crippen LogP contribution < -0.4 is 0 Å². The summed E-state index contributed by atoms with van der Waals surface area (Å²) in [7, 11) is 0. The molecular formula is C15H19FN2O. The Hall–Kier alpha value is -1.44. The van der Waals surface area contributed by atoms with Crippen molar-refractivity contribution in [3.63, 3.8) is 0 Å². The highest BCUT2D eigenvalue weighted by Crippen LogP contribution is 2.24. The van der Waals surface area contributed by atoms with E-state index in [4.69, 9.17) is 10.4 Å². The van der Waals surface area contributed by atoms with Crippen LogP contribution in [-0.2, 0) is 6.54 Å². The Morgan fingerprint density at radius 2 is 2.32 bits per heavy atom. The molecule has 4 heteroatoms. The molecule has 3 nitrogen and oxygen atoms in total. The van der Waals surface area contributed by atoms with E-state index in [1.807, 2.05) is 0 Å². The van der Waals surface area contributed by atoms with E-state index < -0.39 is 0 Å². The van der Waals surface area contributed by atoms with Crippen LogP contribution in [-0.4, -0.2) is 29.2 Å². The lowest BCUT2D eigenvalue weighted by molar-refractivity contribution is 0.210. The van der Waals surface area contributed by atoms with Gasteiger partial charge in [0.2, 0.25) is 0 Å². The number of aliphatic hydroxyl groups excluding tert-OH is 1. The lowest BCUT2D eigenvalue weighted by Crippen LogP contribution is -2.29. The second-order valence-corrected chi connectivity index (χ2v) is 5.05. The van der Waals surface area contributed by atoms with Gasteiger partial charge in [-0.05, 0) is 56.0 Å². The maximum atomic E-state index is 13.3. The number of hydrogen-bond acceptors (Lipinski definition) is 3. The van der Waals surface area contributed by atoms with Crippen molar-refractivity contribution in [1.82, 2.24) is 4.90 Å². The first-order chi connectivity index (χ1) is 9.24. The van der Waals surface area contributed by atoms with Crippen LogP contribution >= 0.6 is 0 Å². The van der Waals surface area contributed by atoms with E-state index in [-0.39, 0.29) is 12.4 Å². The second-order valence-electron chi connectivity index (χ2n) is 5.05. The molecule has 19 heavy (non-hydrogen) atoms. The maximum absolute atomic E-state index is 13.3. The third-order valence-corrected chi connectivity index (χ3v) is 3.76. The summed E-state index contributed by atoms with van der Waals surface area (Å²) >= 11 is 0. The molecule has 0 amide bonds. The topological polar surface area (TPSA) is 47.3 Å². The summed E-state index contributed by atoms with van der Waals surface area (Å²) in [6.07, 6.45) is 4.02. The fourth-order valence-electron chi connectivity index (χ4n) is 2.78. The lowest BCUT2D eigenvalue weighted by atomic mass is 10.1. The first kappa shape index (κ1) is 14.0. The lowest BCUT2D eigenvalue weighted by Gasteiger charge is -2.24. The summed E-state index contributed by atoms with van der Waals surface area (Å²) in [6.45, 7) is 1.82. The fraction of sp³-hybridized carbons (Fsp3) is 0.533. The van der Waals surface area contributed by atoms with E-state index in [0.29, 0.717) is 18.2 Å². The first-order valence-corrected chi connectivity index (χ1v) is 6.78. The van der Waals surface area contributed by atoms with Gasteiger partial charge in [-0.15, -0.1) is 0 Å². The summed E-state index contributed by atoms with van der Waals surface area (Å²) in [6, 6.07) is 6.90. The Morgan fingerprint density at radius 3 is 3.05 bits per heavy atom. The molecule has 1 N–H and O–H groups in total. The third-order valence-electron chi connectivity index (χ3n) is 3.76. The number of nitriles is 1. The van der Waals surface area contributed by atoms with E-state index >= 15 is 0 Å². The van der Waals surface area contributed by atoms with Gasteiger partial charge in [-0.25, -0.2) is 4.39 Å². The molecule has 0 radical (unpaired) electrons. The summed E-state index contributed by atoms with van der Waals surface area (Å²) in [4.78, 5) is 2.30. The fourth-order valence-corrected chi connectivity index (χ4v) is 2.78. The minimum Gasteiger partial charge on any atom is -0.396 e. The normalized spacial score (nSPS) is 19.5. The quantitative estimate of drug-likeness (QED) is 0.886. The molecule has 0 aliphatic carbocycles. The molecule has 0 bridgehead atoms. The van der Waals surface area contributed by atoms with Gasteiger partial charge in [0.25, 0.3) is 0 Å². The van der Waals surface area contributed by atoms with Crippen molar-refractivity contribution >= 4 is 0 Å². The van der Waals surface area contributed by atoms with Crippen molar-refractivity contribution in [3.05, 3.63) is 35.1 Å². The molecule has 1 saturated heterocycles. The van der Waals surface area contributed by atoms with Crippen LogP contribution in [0.4, 0.5) is 4.39 Å². The summed E-state index contributed by atoms with van der Waals surface area (Å²) in [5.41, 5.74) is 1.31. The highest BCUT2D eigenvalue weighted by molar-refractivity contribution is 5.37. The van der Waals surface area contributed by atoms with Gasteiger partial charge < -0.3 is 5.11 Å². The predicted octanol–water partition coefficient (Wildman–Crippen LogP) is 2.43. The van der Waals surface area contributed by atoms with Gasteiger partial charge in [0.15, 0.2) is 0 Å². The van der Waals surface area contributed by atoms with Crippen molar-refractivity contribution < 1.29 is 9.50 Å². The molecule has 0 aromatic heterocycles. The number of halogens is 1. The van der Waals surface area contributed by atoms with Crippen LogP contribution in [0.2, 0.25) is 0 Å². The summed E-state index contributed by atoms with van der Waals surface area (Å²) < 4.78 is 13.3. The molecule has 2 rings (SSSR count). The average Bonchev–Trinajstić information content (AvgIpc) is 2.84. The van der Waals surface area contributed by atoms with Gasteiger partial charge in [-0.1, -0.05) is 0 Å². The Morgan fingerprint density at radius 1 is 1.47 bits per heavy atom. The summed E-state index contributed by atoms with van der Waals surface area (Å²) in [5.74, 6) is -0.292. The largest absolute Gasteiger partial charge is 0.396 e. The van der Waals surface area contributed by atoms with Crippen LogP contribution in [0.15, 0.2) is 18.2 Å². The molecule has 1 atom stereocenters. The van der Waals surface area contributed by atoms with E-state index in [0.717, 1.165) is 37.8 Å². The van der Waals surface area contributed by atoms with E-state index in [9.17, 15) is 4.39 Å². The molecule has 1 fully saturated rings. The van der Waals surface area contributed by atoms with Crippen LogP contribution in [0.3, 0.4) is 0 Å². The molecule has 1 aromatic carbocycles. The van der Waals surface area contributed by atoms with Crippen molar-refractivity contribution in [3.8, 4) is 6.07 Å². The molecule has 1 unspecified atom stereocenters. The van der Waals surface area contributed by atoms with E-state index in [1.54, 1.807) is 6.07 Å². The van der Waals surface area contributed by atoms with Gasteiger partial charge in [-0.3, -0.25) is 4.90 Å². The van der Waals surface area contributed by atoms with Gasteiger partial charge >= 0.3 is 0 Å². The summed E-state index contributed by atoms with van der Waals surface area (Å²) in [5, 5.41) is 18.0. The van der Waals surface area contributed by atoms with Gasteiger partial charge in [0.1, 0.15) is 5.82 Å². The minimum absolute atomic E-state index is 0.216. The number of hydrogen-bond donors (Lipinski definition) is 1. The number of nitrogens with zero attached hydrogens (tertiary/aromatic N) is 2. The van der Waals surface area contributed by atoms with E-state index in [2.05, 4.69) is 11.0 Å². The Balaban J connectivity index is 2.07. The van der Waals surface area contributed by atoms with Crippen LogP contribution in [0.5, 0.6) is 0 Å². The van der Waals surface area contributed by atoms with Gasteiger partial charge in [-0.2, -0.15) is 5.26 Å². The van der Waals surface area contributed by atoms with Crippen molar-refractivity contribution in [2.45, 2.75) is 38.3 Å². The number of likely N-dealkylation sites (tertiary alicyclic amines) is 1. The monoisotopic (exact) mass is 262 g/mol. The molecule has 1 aliphatic heterocycles. The van der Waals surface area contributed by atoms with Crippen molar-refractivity contribution in [2.75, 3.05) is 13.2 Å². The highest BCUT2D eigenvalue weighted by atomic mass is 19.1. The Bertz CT molecular complexity index is 470. The predicted molar refractivity (Wildman–Crippen MR) is 70.9 cm³/mol. The third kappa shape index (κ3) is 3.52. The maximum Gasteiger partial charge on any atom is 0.123 e. The zero-order chi connectivity index (χ0) is 13.7. The minimum atomic E-state index is -0.292. The van der Waals surface area contributed by atoms with Crippen molar-refractivity contribution in [1.29, 1.82) is 5.26 Å². The standard InChI is InChI=1S/C15H19FN2O/c16-14-6-5-12(10-17)13(9-14)11-18-7-1-3-15(18)4-2-8-19/h5-6,9,15,19H,1-4,7-8,11H2. The number of rotatable bonds is 5. The second kappa shape index (κ2) is 6.65. The Labute approximate surface area is 113 Å². The van der Waals surface area contributed by atoms with Gasteiger partial charge in [0, 0.05) is 19.2 Å². The molecule has 1 aromatic rings. The molecule has 0 saturated carbocycles. The Kier molecular flexibility index (Phi) is 4.89. The first-order valence-electron chi connectivity index (χ1n) is 6.78. The zero-order valence-electron chi connectivity index (χ0n) is 11.0. The van der Waals surface area contributed by atoms with Crippen LogP contribution in [0, 0.1) is 17.1 Å². The molecule has 0 spiro atoms. The smallest absolute Gasteiger partial charge is 0.123 e. The zero-order valence-corrected chi connectivity index (χ0v) is 11.0. The molecule has 1 heterocycles.